The quantitative estimate of drug-likeness (QED) is 0.642. The molecule has 0 saturated heterocycles. The van der Waals surface area contributed by atoms with Crippen LogP contribution in [0.5, 0.6) is 0 Å². The van der Waals surface area contributed by atoms with Gasteiger partial charge in [-0.15, -0.1) is 11.3 Å². The lowest BCUT2D eigenvalue weighted by Crippen LogP contribution is -2.03. The summed E-state index contributed by atoms with van der Waals surface area (Å²) in [6, 6.07) is 0. The summed E-state index contributed by atoms with van der Waals surface area (Å²) in [5, 5.41) is 1.95. The SMILES string of the molecule is CC(=O)OCCc1cscn1. The van der Waals surface area contributed by atoms with E-state index in [9.17, 15) is 4.79 Å². The molecule has 1 rings (SSSR count). The van der Waals surface area contributed by atoms with Crippen LogP contribution in [-0.4, -0.2) is 17.6 Å². The average molecular weight is 171 g/mol. The van der Waals surface area contributed by atoms with E-state index in [0.29, 0.717) is 13.0 Å². The van der Waals surface area contributed by atoms with Crippen molar-refractivity contribution in [3.8, 4) is 0 Å². The summed E-state index contributed by atoms with van der Waals surface area (Å²) in [5.74, 6) is -0.236. The molecule has 0 unspecified atom stereocenters. The minimum atomic E-state index is -0.236. The highest BCUT2D eigenvalue weighted by atomic mass is 32.1. The first kappa shape index (κ1) is 8.20. The zero-order chi connectivity index (χ0) is 8.10. The van der Waals surface area contributed by atoms with Gasteiger partial charge in [0.05, 0.1) is 17.8 Å². The average Bonchev–Trinajstić information content (AvgIpc) is 2.39. The molecular formula is C7H9NO2S. The highest BCUT2D eigenvalue weighted by Crippen LogP contribution is 2.01. The monoisotopic (exact) mass is 171 g/mol. The molecule has 0 saturated carbocycles. The molecule has 3 nitrogen and oxygen atoms in total. The Balaban J connectivity index is 2.19. The van der Waals surface area contributed by atoms with Crippen molar-refractivity contribution in [3.63, 3.8) is 0 Å². The van der Waals surface area contributed by atoms with E-state index >= 15 is 0 Å². The van der Waals surface area contributed by atoms with Gasteiger partial charge >= 0.3 is 5.97 Å². The van der Waals surface area contributed by atoms with Gasteiger partial charge in [-0.25, -0.2) is 4.98 Å². The molecule has 4 heteroatoms. The Bertz CT molecular complexity index is 220. The van der Waals surface area contributed by atoms with Gasteiger partial charge in [-0.2, -0.15) is 0 Å². The van der Waals surface area contributed by atoms with Gasteiger partial charge in [-0.3, -0.25) is 4.79 Å². The fourth-order valence-electron chi connectivity index (χ4n) is 0.660. The van der Waals surface area contributed by atoms with Crippen LogP contribution < -0.4 is 0 Å². The van der Waals surface area contributed by atoms with Gasteiger partial charge in [-0.1, -0.05) is 0 Å². The van der Waals surface area contributed by atoms with E-state index in [1.165, 1.54) is 6.92 Å². The minimum Gasteiger partial charge on any atom is -0.465 e. The highest BCUT2D eigenvalue weighted by molar-refractivity contribution is 7.07. The van der Waals surface area contributed by atoms with Crippen molar-refractivity contribution in [3.05, 3.63) is 16.6 Å². The number of rotatable bonds is 3. The lowest BCUT2D eigenvalue weighted by molar-refractivity contribution is -0.140. The molecular weight excluding hydrogens is 162 g/mol. The largest absolute Gasteiger partial charge is 0.465 e. The number of esters is 1. The molecule has 0 aromatic carbocycles. The Morgan fingerprint density at radius 3 is 3.18 bits per heavy atom. The van der Waals surface area contributed by atoms with E-state index in [4.69, 9.17) is 4.74 Å². The summed E-state index contributed by atoms with van der Waals surface area (Å²) in [6.45, 7) is 1.83. The van der Waals surface area contributed by atoms with E-state index in [1.54, 1.807) is 16.8 Å². The lowest BCUT2D eigenvalue weighted by Gasteiger charge is -1.97. The number of thiazole rings is 1. The van der Waals surface area contributed by atoms with Gasteiger partial charge in [-0.05, 0) is 0 Å². The Kier molecular flexibility index (Phi) is 3.04. The number of aromatic nitrogens is 1. The van der Waals surface area contributed by atoms with E-state index in [-0.39, 0.29) is 5.97 Å². The fraction of sp³-hybridized carbons (Fsp3) is 0.429. The molecule has 60 valence electrons. The van der Waals surface area contributed by atoms with Crippen LogP contribution in [0.1, 0.15) is 12.6 Å². The Labute approximate surface area is 69.0 Å². The third kappa shape index (κ3) is 3.13. The number of hydrogen-bond donors (Lipinski definition) is 0. The highest BCUT2D eigenvalue weighted by Gasteiger charge is 1.96. The predicted octanol–water partition coefficient (Wildman–Crippen LogP) is 1.25. The van der Waals surface area contributed by atoms with Crippen LogP contribution in [0.15, 0.2) is 10.9 Å². The van der Waals surface area contributed by atoms with Gasteiger partial charge in [0.1, 0.15) is 0 Å². The third-order valence-corrected chi connectivity index (χ3v) is 1.78. The molecule has 0 amide bonds. The van der Waals surface area contributed by atoms with Crippen molar-refractivity contribution in [2.75, 3.05) is 6.61 Å². The molecule has 0 fully saturated rings. The second kappa shape index (κ2) is 4.08. The smallest absolute Gasteiger partial charge is 0.302 e. The Morgan fingerprint density at radius 1 is 1.82 bits per heavy atom. The van der Waals surface area contributed by atoms with Crippen LogP contribution in [0.2, 0.25) is 0 Å². The topological polar surface area (TPSA) is 39.2 Å². The maximum Gasteiger partial charge on any atom is 0.302 e. The first-order valence-electron chi connectivity index (χ1n) is 3.29. The lowest BCUT2D eigenvalue weighted by atomic mass is 10.4. The van der Waals surface area contributed by atoms with Crippen molar-refractivity contribution in [2.24, 2.45) is 0 Å². The first-order chi connectivity index (χ1) is 5.29. The number of hydrogen-bond acceptors (Lipinski definition) is 4. The summed E-state index contributed by atoms with van der Waals surface area (Å²) in [5.41, 5.74) is 2.75. The first-order valence-corrected chi connectivity index (χ1v) is 4.24. The summed E-state index contributed by atoms with van der Waals surface area (Å²) < 4.78 is 4.74. The molecule has 1 heterocycles. The minimum absolute atomic E-state index is 0.236. The van der Waals surface area contributed by atoms with Gasteiger partial charge in [0.2, 0.25) is 0 Å². The van der Waals surface area contributed by atoms with Gasteiger partial charge < -0.3 is 4.74 Å². The molecule has 11 heavy (non-hydrogen) atoms. The summed E-state index contributed by atoms with van der Waals surface area (Å²) >= 11 is 1.55. The number of carbonyl (C=O) groups is 1. The molecule has 0 atom stereocenters. The van der Waals surface area contributed by atoms with Crippen molar-refractivity contribution in [1.82, 2.24) is 4.98 Å². The zero-order valence-electron chi connectivity index (χ0n) is 6.24. The molecule has 0 aliphatic heterocycles. The molecule has 1 aromatic heterocycles. The molecule has 0 aliphatic rings. The molecule has 1 aromatic rings. The van der Waals surface area contributed by atoms with Crippen LogP contribution in [0.25, 0.3) is 0 Å². The van der Waals surface area contributed by atoms with E-state index in [1.807, 2.05) is 5.38 Å². The maximum absolute atomic E-state index is 10.3. The molecule has 0 radical (unpaired) electrons. The van der Waals surface area contributed by atoms with Crippen LogP contribution in [0.4, 0.5) is 0 Å². The maximum atomic E-state index is 10.3. The van der Waals surface area contributed by atoms with Crippen LogP contribution in [0.3, 0.4) is 0 Å². The van der Waals surface area contributed by atoms with Gasteiger partial charge in [0.25, 0.3) is 0 Å². The summed E-state index contributed by atoms with van der Waals surface area (Å²) in [4.78, 5) is 14.4. The van der Waals surface area contributed by atoms with Gasteiger partial charge in [0.15, 0.2) is 0 Å². The van der Waals surface area contributed by atoms with E-state index in [2.05, 4.69) is 4.98 Å². The molecule has 0 N–H and O–H groups in total. The molecule has 0 bridgehead atoms. The summed E-state index contributed by atoms with van der Waals surface area (Å²) in [7, 11) is 0. The van der Waals surface area contributed by atoms with Crippen LogP contribution in [-0.2, 0) is 16.0 Å². The van der Waals surface area contributed by atoms with E-state index < -0.39 is 0 Å². The van der Waals surface area contributed by atoms with E-state index in [0.717, 1.165) is 5.69 Å². The van der Waals surface area contributed by atoms with Crippen molar-refractivity contribution >= 4 is 17.3 Å². The van der Waals surface area contributed by atoms with Gasteiger partial charge in [0, 0.05) is 18.7 Å². The second-order valence-electron chi connectivity index (χ2n) is 2.07. The summed E-state index contributed by atoms with van der Waals surface area (Å²) in [6.07, 6.45) is 0.711. The Hall–Kier alpha value is -0.900. The van der Waals surface area contributed by atoms with Crippen LogP contribution >= 0.6 is 11.3 Å². The standard InChI is InChI=1S/C7H9NO2S/c1-6(9)10-3-2-7-4-11-5-8-7/h4-5H,2-3H2,1H3. The fourth-order valence-corrected chi connectivity index (χ4v) is 1.25. The number of ether oxygens (including phenoxy) is 1. The van der Waals surface area contributed by atoms with Crippen molar-refractivity contribution in [1.29, 1.82) is 0 Å². The predicted molar refractivity (Wildman–Crippen MR) is 42.5 cm³/mol. The normalized spacial score (nSPS) is 9.55. The third-order valence-electron chi connectivity index (χ3n) is 1.15. The number of nitrogens with zero attached hydrogens (tertiary/aromatic N) is 1. The molecule has 0 aliphatic carbocycles. The van der Waals surface area contributed by atoms with Crippen LogP contribution in [0, 0.1) is 0 Å². The van der Waals surface area contributed by atoms with Crippen molar-refractivity contribution < 1.29 is 9.53 Å². The zero-order valence-corrected chi connectivity index (χ0v) is 7.06. The number of carbonyl (C=O) groups excluding carboxylic acids is 1. The van der Waals surface area contributed by atoms with Crippen molar-refractivity contribution in [2.45, 2.75) is 13.3 Å². The Morgan fingerprint density at radius 2 is 2.64 bits per heavy atom. The molecule has 0 spiro atoms. The second-order valence-corrected chi connectivity index (χ2v) is 2.79.